The first kappa shape index (κ1) is 17.3. The number of nitrogens with two attached hydrogens (primary N) is 2. The summed E-state index contributed by atoms with van der Waals surface area (Å²) in [6, 6.07) is 4.14. The number of carbonyl (C=O) groups excluding carboxylic acids is 2. The van der Waals surface area contributed by atoms with Crippen molar-refractivity contribution in [2.75, 3.05) is 18.1 Å². The van der Waals surface area contributed by atoms with Gasteiger partial charge in [-0.25, -0.2) is 9.59 Å². The summed E-state index contributed by atoms with van der Waals surface area (Å²) < 4.78 is 5.73. The van der Waals surface area contributed by atoms with Crippen LogP contribution in [0.25, 0.3) is 0 Å². The quantitative estimate of drug-likeness (QED) is 0.396. The molecule has 10 heteroatoms. The molecule has 0 saturated carbocycles. The Bertz CT molecular complexity index is 947. The molecule has 0 bridgehead atoms. The number of esters is 1. The van der Waals surface area contributed by atoms with Crippen molar-refractivity contribution in [1.29, 1.82) is 0 Å². The predicted octanol–water partition coefficient (Wildman–Crippen LogP) is -0.0689. The molecule has 24 heavy (non-hydrogen) atoms. The van der Waals surface area contributed by atoms with Crippen LogP contribution in [-0.4, -0.2) is 27.9 Å². The van der Waals surface area contributed by atoms with E-state index in [1.54, 1.807) is 0 Å². The van der Waals surface area contributed by atoms with Gasteiger partial charge in [0.25, 0.3) is 5.56 Å². The Kier molecular flexibility index (Phi) is 4.74. The minimum absolute atomic E-state index is 0.0227. The van der Waals surface area contributed by atoms with Gasteiger partial charge in [-0.1, -0.05) is 11.6 Å². The molecule has 0 amide bonds. The fraction of sp³-hybridized carbons (Fsp3) is 0.143. The third kappa shape index (κ3) is 3.30. The number of carbonyl (C=O) groups is 2. The van der Waals surface area contributed by atoms with Crippen molar-refractivity contribution in [3.63, 3.8) is 0 Å². The molecule has 2 aromatic rings. The maximum Gasteiger partial charge on any atom is 0.340 e. The summed E-state index contributed by atoms with van der Waals surface area (Å²) in [6.07, 6.45) is 0. The van der Waals surface area contributed by atoms with Crippen molar-refractivity contribution in [3.8, 4) is 0 Å². The second kappa shape index (κ2) is 6.59. The number of nitrogen functional groups attached to an aromatic ring is 2. The van der Waals surface area contributed by atoms with Crippen molar-refractivity contribution in [2.45, 2.75) is 0 Å². The van der Waals surface area contributed by atoms with Crippen LogP contribution in [-0.2, 0) is 11.8 Å². The van der Waals surface area contributed by atoms with Gasteiger partial charge in [0.1, 0.15) is 11.4 Å². The molecule has 0 saturated heterocycles. The fourth-order valence-corrected chi connectivity index (χ4v) is 2.09. The van der Waals surface area contributed by atoms with E-state index in [1.807, 2.05) is 4.98 Å². The molecular formula is C14H13ClN4O5. The highest BCUT2D eigenvalue weighted by Gasteiger charge is 2.20. The second-order valence-corrected chi connectivity index (χ2v) is 5.25. The summed E-state index contributed by atoms with van der Waals surface area (Å²) >= 11 is 5.73. The van der Waals surface area contributed by atoms with E-state index in [0.717, 1.165) is 4.57 Å². The molecule has 2 rings (SSSR count). The number of H-pyrrole nitrogens is 1. The molecule has 0 spiro atoms. The molecule has 1 aromatic carbocycles. The first-order valence-corrected chi connectivity index (χ1v) is 6.94. The van der Waals surface area contributed by atoms with E-state index in [-0.39, 0.29) is 17.1 Å². The monoisotopic (exact) mass is 352 g/mol. The second-order valence-electron chi connectivity index (χ2n) is 4.81. The third-order valence-corrected chi connectivity index (χ3v) is 3.45. The lowest BCUT2D eigenvalue weighted by Crippen LogP contribution is -2.35. The number of anilines is 2. The number of rotatable bonds is 4. The third-order valence-electron chi connectivity index (χ3n) is 3.22. The number of aromatic nitrogens is 2. The standard InChI is InChI=1S/C14H13ClN4O5/c1-19-11(17)10(12(21)18-14(19)23)9(20)5-24-13(22)7-3-2-6(15)4-8(7)16/h2-4H,5,16-17H2,1H3,(H,18,21,23). The minimum Gasteiger partial charge on any atom is -0.454 e. The van der Waals surface area contributed by atoms with E-state index in [0.29, 0.717) is 5.02 Å². The number of hydrogen-bond acceptors (Lipinski definition) is 7. The number of Topliss-reactive ketones (excluding diaryl/α,β-unsaturated/α-hetero) is 1. The number of benzene rings is 1. The van der Waals surface area contributed by atoms with Gasteiger partial charge in [-0.2, -0.15) is 0 Å². The van der Waals surface area contributed by atoms with E-state index < -0.39 is 35.2 Å². The zero-order valence-corrected chi connectivity index (χ0v) is 13.2. The molecule has 1 heterocycles. The number of ketones is 1. The van der Waals surface area contributed by atoms with Crippen LogP contribution in [0.5, 0.6) is 0 Å². The largest absolute Gasteiger partial charge is 0.454 e. The van der Waals surface area contributed by atoms with Crippen LogP contribution in [0.4, 0.5) is 11.5 Å². The Labute approximate surface area is 139 Å². The van der Waals surface area contributed by atoms with Crippen LogP contribution in [0.3, 0.4) is 0 Å². The fourth-order valence-electron chi connectivity index (χ4n) is 1.91. The topological polar surface area (TPSA) is 150 Å². The number of nitrogens with one attached hydrogen (secondary N) is 1. The summed E-state index contributed by atoms with van der Waals surface area (Å²) in [5.74, 6) is -2.04. The summed E-state index contributed by atoms with van der Waals surface area (Å²) in [5.41, 5.74) is 9.15. The number of aromatic amines is 1. The molecule has 0 unspecified atom stereocenters. The molecule has 1 aromatic heterocycles. The lowest BCUT2D eigenvalue weighted by Gasteiger charge is -2.09. The first-order chi connectivity index (χ1) is 11.2. The lowest BCUT2D eigenvalue weighted by molar-refractivity contribution is 0.0475. The van der Waals surface area contributed by atoms with Crippen molar-refractivity contribution in [1.82, 2.24) is 9.55 Å². The zero-order valence-electron chi connectivity index (χ0n) is 12.5. The average molecular weight is 353 g/mol. The molecule has 0 radical (unpaired) electrons. The van der Waals surface area contributed by atoms with Crippen molar-refractivity contribution >= 4 is 34.9 Å². The van der Waals surface area contributed by atoms with Crippen LogP contribution in [0.1, 0.15) is 20.7 Å². The maximum absolute atomic E-state index is 12.1. The number of halogens is 1. The van der Waals surface area contributed by atoms with Gasteiger partial charge in [0.2, 0.25) is 5.78 Å². The van der Waals surface area contributed by atoms with E-state index in [2.05, 4.69) is 0 Å². The average Bonchev–Trinajstić information content (AvgIpc) is 2.50. The predicted molar refractivity (Wildman–Crippen MR) is 87.2 cm³/mol. The summed E-state index contributed by atoms with van der Waals surface area (Å²) in [7, 11) is 1.28. The molecule has 0 aliphatic rings. The van der Waals surface area contributed by atoms with Gasteiger partial charge >= 0.3 is 11.7 Å². The maximum atomic E-state index is 12.1. The van der Waals surface area contributed by atoms with Gasteiger partial charge in [-0.15, -0.1) is 0 Å². The molecule has 0 aliphatic carbocycles. The van der Waals surface area contributed by atoms with E-state index in [9.17, 15) is 19.2 Å². The Balaban J connectivity index is 2.20. The van der Waals surface area contributed by atoms with Crippen molar-refractivity contribution in [2.24, 2.45) is 7.05 Å². The number of hydrogen-bond donors (Lipinski definition) is 3. The van der Waals surface area contributed by atoms with Crippen LogP contribution < -0.4 is 22.7 Å². The highest BCUT2D eigenvalue weighted by molar-refractivity contribution is 6.31. The summed E-state index contributed by atoms with van der Waals surface area (Å²) in [6.45, 7) is -0.744. The number of ether oxygens (including phenoxy) is 1. The van der Waals surface area contributed by atoms with Crippen LogP contribution >= 0.6 is 11.6 Å². The SMILES string of the molecule is Cn1c(N)c(C(=O)COC(=O)c2ccc(Cl)cc2N)c(=O)[nH]c1=O. The van der Waals surface area contributed by atoms with Gasteiger partial charge < -0.3 is 16.2 Å². The Morgan fingerprint density at radius 1 is 1.29 bits per heavy atom. The minimum atomic E-state index is -0.956. The Morgan fingerprint density at radius 2 is 1.96 bits per heavy atom. The summed E-state index contributed by atoms with van der Waals surface area (Å²) in [5, 5.41) is 0.338. The number of nitrogens with zero attached hydrogens (tertiary/aromatic N) is 1. The van der Waals surface area contributed by atoms with E-state index in [4.69, 9.17) is 27.8 Å². The van der Waals surface area contributed by atoms with Gasteiger partial charge in [0.05, 0.1) is 5.56 Å². The Hall–Kier alpha value is -3.07. The summed E-state index contributed by atoms with van der Waals surface area (Å²) in [4.78, 5) is 49.0. The highest BCUT2D eigenvalue weighted by atomic mass is 35.5. The molecule has 0 aliphatic heterocycles. The smallest absolute Gasteiger partial charge is 0.340 e. The van der Waals surface area contributed by atoms with Gasteiger partial charge in [-0.05, 0) is 18.2 Å². The van der Waals surface area contributed by atoms with Gasteiger partial charge in [0, 0.05) is 17.8 Å². The van der Waals surface area contributed by atoms with Gasteiger partial charge in [0.15, 0.2) is 6.61 Å². The zero-order chi connectivity index (χ0) is 18.0. The van der Waals surface area contributed by atoms with Crippen LogP contribution in [0.2, 0.25) is 5.02 Å². The van der Waals surface area contributed by atoms with Crippen LogP contribution in [0.15, 0.2) is 27.8 Å². The van der Waals surface area contributed by atoms with Crippen molar-refractivity contribution in [3.05, 3.63) is 55.2 Å². The molecule has 126 valence electrons. The highest BCUT2D eigenvalue weighted by Crippen LogP contribution is 2.18. The van der Waals surface area contributed by atoms with Crippen LogP contribution in [0, 0.1) is 0 Å². The van der Waals surface area contributed by atoms with E-state index in [1.165, 1.54) is 25.2 Å². The van der Waals surface area contributed by atoms with E-state index >= 15 is 0 Å². The van der Waals surface area contributed by atoms with Crippen molar-refractivity contribution < 1.29 is 14.3 Å². The molecule has 5 N–H and O–H groups in total. The lowest BCUT2D eigenvalue weighted by atomic mass is 10.2. The normalized spacial score (nSPS) is 10.4. The molecule has 0 atom stereocenters. The molecule has 9 nitrogen and oxygen atoms in total. The van der Waals surface area contributed by atoms with Gasteiger partial charge in [-0.3, -0.25) is 19.1 Å². The molecular weight excluding hydrogens is 340 g/mol. The molecule has 0 fully saturated rings. The first-order valence-electron chi connectivity index (χ1n) is 6.56. The Morgan fingerprint density at radius 3 is 2.58 bits per heavy atom.